The molecular weight excluding hydrogens is 302 g/mol. The van der Waals surface area contributed by atoms with E-state index in [0.29, 0.717) is 13.1 Å². The van der Waals surface area contributed by atoms with Crippen LogP contribution in [-0.2, 0) is 9.59 Å². The second-order valence-corrected chi connectivity index (χ2v) is 7.09. The third-order valence-electron chi connectivity index (χ3n) is 5.07. The summed E-state index contributed by atoms with van der Waals surface area (Å²) in [7, 11) is 0. The number of carbonyl (C=O) groups is 2. The molecule has 0 bridgehead atoms. The fourth-order valence-electron chi connectivity index (χ4n) is 3.41. The maximum Gasteiger partial charge on any atom is 0.244 e. The molecule has 2 rings (SSSR count). The van der Waals surface area contributed by atoms with Crippen LogP contribution in [0.15, 0.2) is 0 Å². The smallest absolute Gasteiger partial charge is 0.244 e. The minimum atomic E-state index is -0.431. The van der Waals surface area contributed by atoms with Crippen LogP contribution in [-0.4, -0.2) is 42.4 Å². The summed E-state index contributed by atoms with van der Waals surface area (Å²) in [6.07, 6.45) is 6.34. The van der Waals surface area contributed by atoms with E-state index in [-0.39, 0.29) is 35.6 Å². The van der Waals surface area contributed by atoms with Crippen LogP contribution in [0.2, 0.25) is 0 Å². The van der Waals surface area contributed by atoms with Crippen molar-refractivity contribution in [3.8, 4) is 0 Å². The summed E-state index contributed by atoms with van der Waals surface area (Å²) < 4.78 is 0. The molecule has 0 aromatic carbocycles. The van der Waals surface area contributed by atoms with Crippen molar-refractivity contribution in [3.05, 3.63) is 0 Å². The van der Waals surface area contributed by atoms with E-state index in [2.05, 4.69) is 12.2 Å². The van der Waals surface area contributed by atoms with Gasteiger partial charge >= 0.3 is 0 Å². The Kier molecular flexibility index (Phi) is 7.13. The van der Waals surface area contributed by atoms with Gasteiger partial charge in [-0.1, -0.05) is 26.2 Å². The van der Waals surface area contributed by atoms with Crippen LogP contribution in [0.3, 0.4) is 0 Å². The van der Waals surface area contributed by atoms with E-state index < -0.39 is 6.04 Å². The second-order valence-electron chi connectivity index (χ2n) is 7.09. The predicted octanol–water partition coefficient (Wildman–Crippen LogP) is 1.69. The molecule has 1 saturated heterocycles. The molecule has 0 radical (unpaired) electrons. The maximum absolute atomic E-state index is 12.4. The van der Waals surface area contributed by atoms with Gasteiger partial charge in [0, 0.05) is 19.0 Å². The molecule has 0 spiro atoms. The van der Waals surface area contributed by atoms with Crippen molar-refractivity contribution in [2.24, 2.45) is 17.1 Å². The molecule has 1 heterocycles. The van der Waals surface area contributed by atoms with Crippen LogP contribution in [0.25, 0.3) is 0 Å². The molecule has 2 aliphatic rings. The molecule has 2 atom stereocenters. The number of hydrogen-bond donors (Lipinski definition) is 2. The lowest BCUT2D eigenvalue weighted by molar-refractivity contribution is -0.136. The molecule has 1 aliphatic carbocycles. The van der Waals surface area contributed by atoms with E-state index >= 15 is 0 Å². The number of rotatable bonds is 4. The normalized spacial score (nSPS) is 27.1. The van der Waals surface area contributed by atoms with Crippen LogP contribution in [0, 0.1) is 11.3 Å². The van der Waals surface area contributed by atoms with E-state index in [4.69, 9.17) is 5.73 Å². The highest BCUT2D eigenvalue weighted by molar-refractivity contribution is 5.88. The number of carbonyl (C=O) groups excluding carboxylic acids is 2. The summed E-state index contributed by atoms with van der Waals surface area (Å²) in [5, 5.41) is 2.91. The molecule has 128 valence electrons. The van der Waals surface area contributed by atoms with E-state index in [0.717, 1.165) is 38.6 Å². The van der Waals surface area contributed by atoms with Gasteiger partial charge < -0.3 is 16.0 Å². The fourth-order valence-corrected chi connectivity index (χ4v) is 3.41. The molecule has 0 aromatic rings. The highest BCUT2D eigenvalue weighted by Crippen LogP contribution is 2.29. The minimum absolute atomic E-state index is 0. The van der Waals surface area contributed by atoms with Gasteiger partial charge in [0.1, 0.15) is 6.04 Å². The highest BCUT2D eigenvalue weighted by Gasteiger charge is 2.36. The SMILES string of the molecule is C[C@H](NC(=O)C1CCCCC1)C(=O)N1CCC(C)(CN)C1.Cl. The summed E-state index contributed by atoms with van der Waals surface area (Å²) in [6.45, 7) is 5.95. The molecular formula is C16H30ClN3O2. The minimum Gasteiger partial charge on any atom is -0.344 e. The first-order valence-corrected chi connectivity index (χ1v) is 8.24. The molecule has 3 N–H and O–H groups in total. The Labute approximate surface area is 139 Å². The standard InChI is InChI=1S/C16H29N3O2.ClH/c1-12(18-14(20)13-6-4-3-5-7-13)15(21)19-9-8-16(2,10-17)11-19;/h12-13H,3-11,17H2,1-2H3,(H,18,20);1H/t12-,16?;/m0./s1. The zero-order valence-corrected chi connectivity index (χ0v) is 14.6. The van der Waals surface area contributed by atoms with Gasteiger partial charge in [-0.3, -0.25) is 9.59 Å². The fraction of sp³-hybridized carbons (Fsp3) is 0.875. The number of hydrogen-bond acceptors (Lipinski definition) is 3. The number of amides is 2. The molecule has 1 aliphatic heterocycles. The molecule has 2 amide bonds. The van der Waals surface area contributed by atoms with Gasteiger partial charge in [0.15, 0.2) is 0 Å². The Morgan fingerprint density at radius 1 is 1.32 bits per heavy atom. The van der Waals surface area contributed by atoms with Crippen molar-refractivity contribution >= 4 is 24.2 Å². The van der Waals surface area contributed by atoms with E-state index in [9.17, 15) is 9.59 Å². The molecule has 22 heavy (non-hydrogen) atoms. The van der Waals surface area contributed by atoms with Crippen molar-refractivity contribution < 1.29 is 9.59 Å². The number of likely N-dealkylation sites (tertiary alicyclic amines) is 1. The van der Waals surface area contributed by atoms with Crippen molar-refractivity contribution in [1.82, 2.24) is 10.2 Å². The van der Waals surface area contributed by atoms with Crippen LogP contribution >= 0.6 is 12.4 Å². The highest BCUT2D eigenvalue weighted by atomic mass is 35.5. The number of halogens is 1. The molecule has 1 unspecified atom stereocenters. The van der Waals surface area contributed by atoms with Crippen LogP contribution < -0.4 is 11.1 Å². The average Bonchev–Trinajstić information content (AvgIpc) is 2.90. The van der Waals surface area contributed by atoms with Crippen molar-refractivity contribution in [2.45, 2.75) is 58.4 Å². The third kappa shape index (κ3) is 4.59. The molecule has 6 heteroatoms. The number of nitrogens with two attached hydrogens (primary N) is 1. The Balaban J connectivity index is 0.00000242. The monoisotopic (exact) mass is 331 g/mol. The van der Waals surface area contributed by atoms with Gasteiger partial charge in [0.05, 0.1) is 0 Å². The van der Waals surface area contributed by atoms with Gasteiger partial charge in [-0.05, 0) is 38.1 Å². The van der Waals surface area contributed by atoms with Crippen molar-refractivity contribution in [3.63, 3.8) is 0 Å². The van der Waals surface area contributed by atoms with Crippen LogP contribution in [0.4, 0.5) is 0 Å². The first-order chi connectivity index (χ1) is 9.95. The lowest BCUT2D eigenvalue weighted by Crippen LogP contribution is -2.48. The second kappa shape index (κ2) is 8.16. The first kappa shape index (κ1) is 19.2. The summed E-state index contributed by atoms with van der Waals surface area (Å²) in [5.41, 5.74) is 5.81. The van der Waals surface area contributed by atoms with Gasteiger partial charge in [-0.2, -0.15) is 0 Å². The zero-order chi connectivity index (χ0) is 15.5. The van der Waals surface area contributed by atoms with Gasteiger partial charge in [-0.15, -0.1) is 12.4 Å². The zero-order valence-electron chi connectivity index (χ0n) is 13.8. The summed E-state index contributed by atoms with van der Waals surface area (Å²) in [5.74, 6) is 0.176. The quantitative estimate of drug-likeness (QED) is 0.823. The topological polar surface area (TPSA) is 75.4 Å². The largest absolute Gasteiger partial charge is 0.344 e. The Bertz CT molecular complexity index is 399. The van der Waals surface area contributed by atoms with E-state index in [1.807, 2.05) is 4.90 Å². The Morgan fingerprint density at radius 3 is 2.50 bits per heavy atom. The van der Waals surface area contributed by atoms with Gasteiger partial charge in [0.25, 0.3) is 0 Å². The number of nitrogens with zero attached hydrogens (tertiary/aromatic N) is 1. The molecule has 2 fully saturated rings. The van der Waals surface area contributed by atoms with Gasteiger partial charge in [0.2, 0.25) is 11.8 Å². The molecule has 5 nitrogen and oxygen atoms in total. The van der Waals surface area contributed by atoms with Crippen molar-refractivity contribution in [2.75, 3.05) is 19.6 Å². The lowest BCUT2D eigenvalue weighted by Gasteiger charge is -2.27. The average molecular weight is 332 g/mol. The molecule has 1 saturated carbocycles. The summed E-state index contributed by atoms with van der Waals surface area (Å²) >= 11 is 0. The van der Waals surface area contributed by atoms with Crippen LogP contribution in [0.1, 0.15) is 52.4 Å². The third-order valence-corrected chi connectivity index (χ3v) is 5.07. The van der Waals surface area contributed by atoms with Crippen LogP contribution in [0.5, 0.6) is 0 Å². The summed E-state index contributed by atoms with van der Waals surface area (Å²) in [6, 6.07) is -0.431. The predicted molar refractivity (Wildman–Crippen MR) is 89.8 cm³/mol. The Hall–Kier alpha value is -0.810. The lowest BCUT2D eigenvalue weighted by atomic mass is 9.88. The van der Waals surface area contributed by atoms with Gasteiger partial charge in [-0.25, -0.2) is 0 Å². The van der Waals surface area contributed by atoms with E-state index in [1.165, 1.54) is 6.42 Å². The maximum atomic E-state index is 12.4. The Morgan fingerprint density at radius 2 is 1.95 bits per heavy atom. The van der Waals surface area contributed by atoms with Crippen molar-refractivity contribution in [1.29, 1.82) is 0 Å². The number of nitrogens with one attached hydrogen (secondary N) is 1. The van der Waals surface area contributed by atoms with E-state index in [1.54, 1.807) is 6.92 Å². The molecule has 0 aromatic heterocycles. The first-order valence-electron chi connectivity index (χ1n) is 8.24. The summed E-state index contributed by atoms with van der Waals surface area (Å²) in [4.78, 5) is 26.5.